The van der Waals surface area contributed by atoms with Crippen LogP contribution in [-0.2, 0) is 0 Å². The smallest absolute Gasteiger partial charge is 0.383 e. The quantitative estimate of drug-likeness (QED) is 0.668. The van der Waals surface area contributed by atoms with Crippen molar-refractivity contribution in [3.8, 4) is 0 Å². The van der Waals surface area contributed by atoms with Gasteiger partial charge in [0, 0.05) is 6.04 Å². The van der Waals surface area contributed by atoms with E-state index in [4.69, 9.17) is 10.8 Å². The van der Waals surface area contributed by atoms with Crippen molar-refractivity contribution < 1.29 is 18.3 Å². The normalized spacial score (nSPS) is 33.0. The third kappa shape index (κ3) is 2.84. The lowest BCUT2D eigenvalue weighted by Crippen LogP contribution is -2.39. The van der Waals surface area contributed by atoms with E-state index in [1.807, 2.05) is 0 Å². The molecule has 1 rings (SSSR count). The molecule has 1 saturated carbocycles. The SMILES string of the molecule is N[C@H]1CC[C@H](C(O)C(F)(F)F)CC1. The van der Waals surface area contributed by atoms with Gasteiger partial charge in [-0.25, -0.2) is 0 Å². The van der Waals surface area contributed by atoms with Gasteiger partial charge in [0.1, 0.15) is 0 Å². The Hall–Kier alpha value is -0.290. The summed E-state index contributed by atoms with van der Waals surface area (Å²) in [5.74, 6) is -0.653. The van der Waals surface area contributed by atoms with Crippen molar-refractivity contribution in [2.24, 2.45) is 11.7 Å². The van der Waals surface area contributed by atoms with E-state index in [1.54, 1.807) is 0 Å². The van der Waals surface area contributed by atoms with Gasteiger partial charge in [0.25, 0.3) is 0 Å². The molecule has 1 aliphatic carbocycles. The number of rotatable bonds is 1. The molecule has 0 aromatic rings. The van der Waals surface area contributed by atoms with Crippen molar-refractivity contribution in [1.82, 2.24) is 0 Å². The first-order valence-corrected chi connectivity index (χ1v) is 4.41. The van der Waals surface area contributed by atoms with E-state index in [2.05, 4.69) is 0 Å². The van der Waals surface area contributed by atoms with E-state index in [9.17, 15) is 13.2 Å². The number of hydrogen-bond acceptors (Lipinski definition) is 2. The largest absolute Gasteiger partial charge is 0.414 e. The molecule has 0 aromatic carbocycles. The Balaban J connectivity index is 2.45. The predicted octanol–water partition coefficient (Wildman–Crippen LogP) is 1.43. The lowest BCUT2D eigenvalue weighted by molar-refractivity contribution is -0.222. The molecule has 1 aliphatic rings. The first-order valence-electron chi connectivity index (χ1n) is 4.41. The number of halogens is 3. The van der Waals surface area contributed by atoms with Gasteiger partial charge in [-0.1, -0.05) is 0 Å². The molecule has 0 aromatic heterocycles. The Labute approximate surface area is 74.9 Å². The second kappa shape index (κ2) is 3.84. The van der Waals surface area contributed by atoms with Crippen LogP contribution in [0.2, 0.25) is 0 Å². The Morgan fingerprint density at radius 2 is 1.62 bits per heavy atom. The summed E-state index contributed by atoms with van der Waals surface area (Å²) < 4.78 is 36.1. The van der Waals surface area contributed by atoms with Gasteiger partial charge in [0.2, 0.25) is 0 Å². The summed E-state index contributed by atoms with van der Waals surface area (Å²) in [5, 5.41) is 8.93. The van der Waals surface area contributed by atoms with Gasteiger partial charge in [-0.2, -0.15) is 13.2 Å². The Kier molecular flexibility index (Phi) is 3.18. The summed E-state index contributed by atoms with van der Waals surface area (Å²) >= 11 is 0. The van der Waals surface area contributed by atoms with Gasteiger partial charge in [-0.3, -0.25) is 0 Å². The van der Waals surface area contributed by atoms with Crippen LogP contribution in [0.15, 0.2) is 0 Å². The summed E-state index contributed by atoms with van der Waals surface area (Å²) in [4.78, 5) is 0. The summed E-state index contributed by atoms with van der Waals surface area (Å²) in [6.07, 6.45) is -4.73. The summed E-state index contributed by atoms with van der Waals surface area (Å²) in [7, 11) is 0. The van der Waals surface area contributed by atoms with Crippen molar-refractivity contribution in [2.45, 2.75) is 44.0 Å². The topological polar surface area (TPSA) is 46.2 Å². The maximum absolute atomic E-state index is 12.0. The number of nitrogens with two attached hydrogens (primary N) is 1. The lowest BCUT2D eigenvalue weighted by Gasteiger charge is -2.30. The number of hydrogen-bond donors (Lipinski definition) is 2. The average molecular weight is 197 g/mol. The molecule has 1 unspecified atom stereocenters. The van der Waals surface area contributed by atoms with Crippen LogP contribution in [0, 0.1) is 5.92 Å². The minimum atomic E-state index is -4.48. The number of aliphatic hydroxyl groups excluding tert-OH is 1. The fourth-order valence-electron chi connectivity index (χ4n) is 1.73. The summed E-state index contributed by atoms with van der Waals surface area (Å²) in [6, 6.07) is 0.0108. The van der Waals surface area contributed by atoms with Crippen molar-refractivity contribution >= 4 is 0 Å². The van der Waals surface area contributed by atoms with E-state index in [-0.39, 0.29) is 6.04 Å². The van der Waals surface area contributed by atoms with E-state index in [0.717, 1.165) is 0 Å². The number of alkyl halides is 3. The third-order valence-corrected chi connectivity index (χ3v) is 2.60. The van der Waals surface area contributed by atoms with Crippen LogP contribution in [0.1, 0.15) is 25.7 Å². The average Bonchev–Trinajstić information content (AvgIpc) is 2.03. The fraction of sp³-hybridized carbons (Fsp3) is 1.00. The van der Waals surface area contributed by atoms with Crippen molar-refractivity contribution in [3.63, 3.8) is 0 Å². The molecular formula is C8H14F3NO. The van der Waals surface area contributed by atoms with E-state index < -0.39 is 18.2 Å². The van der Waals surface area contributed by atoms with Crippen molar-refractivity contribution in [3.05, 3.63) is 0 Å². The highest BCUT2D eigenvalue weighted by atomic mass is 19.4. The minimum absolute atomic E-state index is 0.0108. The van der Waals surface area contributed by atoms with E-state index in [0.29, 0.717) is 25.7 Å². The van der Waals surface area contributed by atoms with Crippen molar-refractivity contribution in [1.29, 1.82) is 0 Å². The molecule has 5 heteroatoms. The Bertz CT molecular complexity index is 163. The van der Waals surface area contributed by atoms with Gasteiger partial charge in [0.05, 0.1) is 0 Å². The number of aliphatic hydroxyl groups is 1. The first kappa shape index (κ1) is 10.8. The molecule has 1 fully saturated rings. The molecule has 0 amide bonds. The zero-order valence-electron chi connectivity index (χ0n) is 7.22. The second-order valence-corrected chi connectivity index (χ2v) is 3.66. The summed E-state index contributed by atoms with van der Waals surface area (Å²) in [6.45, 7) is 0. The molecule has 0 spiro atoms. The van der Waals surface area contributed by atoms with Crippen LogP contribution in [0.5, 0.6) is 0 Å². The third-order valence-electron chi connectivity index (χ3n) is 2.60. The maximum Gasteiger partial charge on any atom is 0.414 e. The fourth-order valence-corrected chi connectivity index (χ4v) is 1.73. The predicted molar refractivity (Wildman–Crippen MR) is 42.0 cm³/mol. The van der Waals surface area contributed by atoms with Gasteiger partial charge >= 0.3 is 6.18 Å². The highest BCUT2D eigenvalue weighted by molar-refractivity contribution is 4.82. The molecule has 0 saturated heterocycles. The van der Waals surface area contributed by atoms with Crippen LogP contribution in [0.4, 0.5) is 13.2 Å². The van der Waals surface area contributed by atoms with Gasteiger partial charge < -0.3 is 10.8 Å². The minimum Gasteiger partial charge on any atom is -0.383 e. The van der Waals surface area contributed by atoms with E-state index >= 15 is 0 Å². The van der Waals surface area contributed by atoms with Crippen LogP contribution in [0.25, 0.3) is 0 Å². The van der Waals surface area contributed by atoms with Crippen LogP contribution in [0.3, 0.4) is 0 Å². The molecule has 2 nitrogen and oxygen atoms in total. The first-order chi connectivity index (χ1) is 5.91. The van der Waals surface area contributed by atoms with Crippen LogP contribution in [-0.4, -0.2) is 23.4 Å². The zero-order valence-corrected chi connectivity index (χ0v) is 7.22. The molecule has 1 atom stereocenters. The van der Waals surface area contributed by atoms with Crippen LogP contribution >= 0.6 is 0 Å². The lowest BCUT2D eigenvalue weighted by atomic mass is 9.83. The molecule has 0 heterocycles. The Morgan fingerprint density at radius 3 is 2.00 bits per heavy atom. The summed E-state index contributed by atoms with van der Waals surface area (Å²) in [5.41, 5.74) is 5.54. The van der Waals surface area contributed by atoms with E-state index in [1.165, 1.54) is 0 Å². The molecule has 13 heavy (non-hydrogen) atoms. The molecule has 0 radical (unpaired) electrons. The molecule has 78 valence electrons. The van der Waals surface area contributed by atoms with Crippen LogP contribution < -0.4 is 5.73 Å². The highest BCUT2D eigenvalue weighted by Crippen LogP contribution is 2.33. The van der Waals surface area contributed by atoms with Gasteiger partial charge in [-0.05, 0) is 31.6 Å². The second-order valence-electron chi connectivity index (χ2n) is 3.66. The molecular weight excluding hydrogens is 183 g/mol. The molecule has 0 aliphatic heterocycles. The monoisotopic (exact) mass is 197 g/mol. The van der Waals surface area contributed by atoms with Crippen molar-refractivity contribution in [2.75, 3.05) is 0 Å². The zero-order chi connectivity index (χ0) is 10.1. The maximum atomic E-state index is 12.0. The Morgan fingerprint density at radius 1 is 1.15 bits per heavy atom. The van der Waals surface area contributed by atoms with Gasteiger partial charge in [-0.15, -0.1) is 0 Å². The molecule has 0 bridgehead atoms. The standard InChI is InChI=1S/C8H14F3NO/c9-8(10,11)7(13)5-1-3-6(12)4-2-5/h5-7,13H,1-4,12H2/t5-,6-,7?. The highest BCUT2D eigenvalue weighted by Gasteiger charge is 2.43. The van der Waals surface area contributed by atoms with Gasteiger partial charge in [0.15, 0.2) is 6.10 Å². The molecule has 3 N–H and O–H groups in total.